The molecule has 4 rings (SSSR count). The van der Waals surface area contributed by atoms with Gasteiger partial charge in [-0.3, -0.25) is 4.79 Å². The largest absolute Gasteiger partial charge is 0.497 e. The van der Waals surface area contributed by atoms with Gasteiger partial charge in [-0.2, -0.15) is 5.26 Å². The minimum absolute atomic E-state index is 0.124. The van der Waals surface area contributed by atoms with Crippen molar-refractivity contribution in [3.05, 3.63) is 94.5 Å². The molecule has 1 N–H and O–H groups in total. The predicted octanol–water partition coefficient (Wildman–Crippen LogP) is 7.69. The van der Waals surface area contributed by atoms with Crippen LogP contribution in [0.5, 0.6) is 5.75 Å². The smallest absolute Gasteiger partial charge is 0.225 e. The van der Waals surface area contributed by atoms with Gasteiger partial charge in [0.15, 0.2) is 0 Å². The van der Waals surface area contributed by atoms with Crippen molar-refractivity contribution in [2.24, 2.45) is 0 Å². The van der Waals surface area contributed by atoms with Crippen molar-refractivity contribution in [1.29, 1.82) is 5.26 Å². The molecule has 0 saturated heterocycles. The second-order valence-corrected chi connectivity index (χ2v) is 10.1. The summed E-state index contributed by atoms with van der Waals surface area (Å²) >= 11 is 7.47. The molecule has 0 spiro atoms. The number of carbonyl (C=O) groups is 1. The van der Waals surface area contributed by atoms with Crippen molar-refractivity contribution < 1.29 is 9.53 Å². The fourth-order valence-electron chi connectivity index (χ4n) is 3.79. The molecule has 0 fully saturated rings. The second-order valence-electron chi connectivity index (χ2n) is 8.55. The number of nitriles is 1. The number of hydrogen-bond acceptors (Lipinski definition) is 5. The molecule has 1 amide bonds. The molecular formula is C30H26ClN3O2S. The monoisotopic (exact) mass is 527 g/mol. The zero-order chi connectivity index (χ0) is 26.4. The number of nitrogens with one attached hydrogen (secondary N) is 1. The second kappa shape index (κ2) is 12.0. The molecule has 37 heavy (non-hydrogen) atoms. The Bertz CT molecular complexity index is 1460. The fraction of sp³-hybridized carbons (Fsp3) is 0.167. The molecule has 0 unspecified atom stereocenters. The molecule has 3 aromatic carbocycles. The van der Waals surface area contributed by atoms with Crippen LogP contribution in [0.4, 0.5) is 5.69 Å². The van der Waals surface area contributed by atoms with Gasteiger partial charge in [-0.25, -0.2) is 4.98 Å². The topological polar surface area (TPSA) is 75.0 Å². The molecule has 4 aromatic rings. The third-order valence-electron chi connectivity index (χ3n) is 5.89. The molecule has 0 aliphatic heterocycles. The number of methoxy groups -OCH3 is 1. The van der Waals surface area contributed by atoms with Crippen LogP contribution in [0.3, 0.4) is 0 Å². The number of thioether (sulfide) groups is 1. The summed E-state index contributed by atoms with van der Waals surface area (Å²) in [6.45, 7) is 3.95. The number of nitrogens with zero attached hydrogens (tertiary/aromatic N) is 2. The molecule has 0 aliphatic carbocycles. The normalized spacial score (nSPS) is 10.6. The molecule has 0 atom stereocenters. The number of benzene rings is 3. The van der Waals surface area contributed by atoms with E-state index in [1.54, 1.807) is 19.2 Å². The lowest BCUT2D eigenvalue weighted by Crippen LogP contribution is -2.13. The van der Waals surface area contributed by atoms with E-state index >= 15 is 0 Å². The van der Waals surface area contributed by atoms with Crippen LogP contribution in [0.1, 0.15) is 23.1 Å². The van der Waals surface area contributed by atoms with Crippen molar-refractivity contribution in [2.45, 2.75) is 25.3 Å². The molecule has 0 saturated carbocycles. The highest BCUT2D eigenvalue weighted by molar-refractivity contribution is 7.99. The maximum atomic E-state index is 12.6. The molecular weight excluding hydrogens is 502 g/mol. The Morgan fingerprint density at radius 1 is 1.03 bits per heavy atom. The lowest BCUT2D eigenvalue weighted by molar-refractivity contribution is -0.115. The Balaban J connectivity index is 1.62. The number of anilines is 1. The lowest BCUT2D eigenvalue weighted by Gasteiger charge is -2.13. The van der Waals surface area contributed by atoms with E-state index in [2.05, 4.69) is 11.4 Å². The van der Waals surface area contributed by atoms with Gasteiger partial charge in [0.2, 0.25) is 5.91 Å². The summed E-state index contributed by atoms with van der Waals surface area (Å²) in [5.41, 5.74) is 6.68. The first-order valence-electron chi connectivity index (χ1n) is 11.7. The van der Waals surface area contributed by atoms with Gasteiger partial charge in [-0.05, 0) is 67.4 Å². The summed E-state index contributed by atoms with van der Waals surface area (Å²) in [5.74, 6) is 1.10. The van der Waals surface area contributed by atoms with Crippen molar-refractivity contribution in [1.82, 2.24) is 4.98 Å². The van der Waals surface area contributed by atoms with Crippen LogP contribution in [-0.2, 0) is 4.79 Å². The highest BCUT2D eigenvalue weighted by Gasteiger charge is 2.17. The van der Waals surface area contributed by atoms with E-state index in [4.69, 9.17) is 21.3 Å². The number of pyridine rings is 1. The maximum absolute atomic E-state index is 12.6. The van der Waals surface area contributed by atoms with Gasteiger partial charge in [0.05, 0.1) is 18.4 Å². The van der Waals surface area contributed by atoms with Crippen molar-refractivity contribution in [3.8, 4) is 34.2 Å². The Kier molecular flexibility index (Phi) is 8.50. The zero-order valence-electron chi connectivity index (χ0n) is 20.8. The average Bonchev–Trinajstić information content (AvgIpc) is 2.91. The summed E-state index contributed by atoms with van der Waals surface area (Å²) in [7, 11) is 1.63. The molecule has 0 aliphatic rings. The van der Waals surface area contributed by atoms with Crippen molar-refractivity contribution in [3.63, 3.8) is 0 Å². The minimum atomic E-state index is -0.124. The third-order valence-corrected chi connectivity index (χ3v) is 7.10. The molecule has 7 heteroatoms. The number of rotatable bonds is 8. The number of aromatic nitrogens is 1. The fourth-order valence-corrected chi connectivity index (χ4v) is 4.90. The Labute approximate surface area is 226 Å². The summed E-state index contributed by atoms with van der Waals surface area (Å²) in [4.78, 5) is 17.5. The first-order chi connectivity index (χ1) is 17.9. The van der Waals surface area contributed by atoms with Crippen LogP contribution in [0.15, 0.2) is 77.8 Å². The van der Waals surface area contributed by atoms with Crippen molar-refractivity contribution >= 4 is 35.0 Å². The summed E-state index contributed by atoms with van der Waals surface area (Å²) in [6.07, 6.45) is 0.260. The third kappa shape index (κ3) is 6.51. The van der Waals surface area contributed by atoms with E-state index in [1.807, 2.05) is 74.5 Å². The standard InChI is InChI=1S/C30H26ClN3O2S/c1-19-4-7-21(8-5-19)25-17-28(22-9-12-24(36-3)13-10-22)34-30(26(25)18-32)37-15-14-29(35)33-27-16-23(31)11-6-20(27)2/h4-13,16-17H,14-15H2,1-3H3,(H,33,35). The summed E-state index contributed by atoms with van der Waals surface area (Å²) < 4.78 is 5.29. The van der Waals surface area contributed by atoms with Crippen LogP contribution in [0.25, 0.3) is 22.4 Å². The average molecular weight is 528 g/mol. The van der Waals surface area contributed by atoms with Gasteiger partial charge < -0.3 is 10.1 Å². The zero-order valence-corrected chi connectivity index (χ0v) is 22.4. The van der Waals surface area contributed by atoms with Crippen molar-refractivity contribution in [2.75, 3.05) is 18.2 Å². The van der Waals surface area contributed by atoms with Gasteiger partial charge in [0.1, 0.15) is 16.8 Å². The number of carbonyl (C=O) groups excluding carboxylic acids is 1. The molecule has 0 bridgehead atoms. The number of aryl methyl sites for hydroxylation is 2. The molecule has 0 radical (unpaired) electrons. The van der Waals surface area contributed by atoms with E-state index < -0.39 is 0 Å². The predicted molar refractivity (Wildman–Crippen MR) is 151 cm³/mol. The van der Waals surface area contributed by atoms with Gasteiger partial charge in [0.25, 0.3) is 0 Å². The Hall–Kier alpha value is -3.79. The van der Waals surface area contributed by atoms with Gasteiger partial charge in [0, 0.05) is 34.0 Å². The summed E-state index contributed by atoms with van der Waals surface area (Å²) in [6, 6.07) is 25.4. The number of halogens is 1. The van der Waals surface area contributed by atoms with Crippen LogP contribution in [0, 0.1) is 25.2 Å². The SMILES string of the molecule is COc1ccc(-c2cc(-c3ccc(C)cc3)c(C#N)c(SCCC(=O)Nc3cc(Cl)ccc3C)n2)cc1. The highest BCUT2D eigenvalue weighted by Crippen LogP contribution is 2.35. The van der Waals surface area contributed by atoms with Crippen LogP contribution >= 0.6 is 23.4 Å². The molecule has 186 valence electrons. The van der Waals surface area contributed by atoms with E-state index in [1.165, 1.54) is 11.8 Å². The van der Waals surface area contributed by atoms with E-state index in [9.17, 15) is 10.1 Å². The van der Waals surface area contributed by atoms with Gasteiger partial charge in [-0.15, -0.1) is 11.8 Å². The lowest BCUT2D eigenvalue weighted by atomic mass is 9.98. The maximum Gasteiger partial charge on any atom is 0.225 e. The minimum Gasteiger partial charge on any atom is -0.497 e. The Morgan fingerprint density at radius 2 is 1.73 bits per heavy atom. The molecule has 5 nitrogen and oxygen atoms in total. The first kappa shape index (κ1) is 26.3. The highest BCUT2D eigenvalue weighted by atomic mass is 35.5. The van der Waals surface area contributed by atoms with E-state index in [-0.39, 0.29) is 12.3 Å². The summed E-state index contributed by atoms with van der Waals surface area (Å²) in [5, 5.41) is 14.2. The number of amides is 1. The van der Waals surface area contributed by atoms with E-state index in [0.717, 1.165) is 39.3 Å². The van der Waals surface area contributed by atoms with Crippen LogP contribution in [0.2, 0.25) is 5.02 Å². The molecule has 1 heterocycles. The van der Waals surface area contributed by atoms with Gasteiger partial charge in [-0.1, -0.05) is 47.5 Å². The quantitative estimate of drug-likeness (QED) is 0.238. The van der Waals surface area contributed by atoms with Crippen LogP contribution in [-0.4, -0.2) is 23.8 Å². The number of ether oxygens (including phenoxy) is 1. The molecule has 1 aromatic heterocycles. The van der Waals surface area contributed by atoms with Gasteiger partial charge >= 0.3 is 0 Å². The van der Waals surface area contributed by atoms with E-state index in [0.29, 0.717) is 27.1 Å². The Morgan fingerprint density at radius 3 is 2.41 bits per heavy atom. The first-order valence-corrected chi connectivity index (χ1v) is 13.1. The number of hydrogen-bond donors (Lipinski definition) is 1. The van der Waals surface area contributed by atoms with Crippen LogP contribution < -0.4 is 10.1 Å².